The van der Waals surface area contributed by atoms with Gasteiger partial charge >= 0.3 is 5.79 Å². The number of nitrogens with zero attached hydrogens (tertiary/aromatic N) is 1. The van der Waals surface area contributed by atoms with Crippen molar-refractivity contribution < 1.29 is 18.6 Å². The van der Waals surface area contributed by atoms with Crippen LogP contribution >= 0.6 is 0 Å². The van der Waals surface area contributed by atoms with Gasteiger partial charge in [0.1, 0.15) is 11.5 Å². The third kappa shape index (κ3) is 5.51. The van der Waals surface area contributed by atoms with Gasteiger partial charge in [0.05, 0.1) is 12.0 Å². The summed E-state index contributed by atoms with van der Waals surface area (Å²) in [5, 5.41) is 0.438. The first kappa shape index (κ1) is 27.3. The van der Waals surface area contributed by atoms with E-state index in [0.717, 1.165) is 41.8 Å². The summed E-state index contributed by atoms with van der Waals surface area (Å²) in [7, 11) is 0. The van der Waals surface area contributed by atoms with Gasteiger partial charge in [-0.25, -0.2) is 0 Å². The van der Waals surface area contributed by atoms with Gasteiger partial charge in [-0.3, -0.25) is 4.79 Å². The van der Waals surface area contributed by atoms with Gasteiger partial charge in [0.25, 0.3) is 0 Å². The second kappa shape index (κ2) is 12.0. The Bertz CT molecular complexity index is 1700. The van der Waals surface area contributed by atoms with E-state index in [2.05, 4.69) is 4.90 Å². The van der Waals surface area contributed by atoms with Crippen LogP contribution in [-0.2, 0) is 5.79 Å². The number of rotatable bonds is 9. The van der Waals surface area contributed by atoms with Crippen LogP contribution in [0.4, 0.5) is 0 Å². The molecule has 6 nitrogen and oxygen atoms in total. The lowest BCUT2D eigenvalue weighted by atomic mass is 9.97. The molecule has 2 aliphatic heterocycles. The van der Waals surface area contributed by atoms with Gasteiger partial charge in [-0.2, -0.15) is 0 Å². The van der Waals surface area contributed by atoms with Gasteiger partial charge in [-0.1, -0.05) is 67.1 Å². The molecule has 1 saturated heterocycles. The van der Waals surface area contributed by atoms with Crippen molar-refractivity contribution in [2.45, 2.75) is 37.9 Å². The quantitative estimate of drug-likeness (QED) is 0.168. The molecule has 0 amide bonds. The lowest BCUT2D eigenvalue weighted by Crippen LogP contribution is -2.36. The molecule has 7 rings (SSSR count). The summed E-state index contributed by atoms with van der Waals surface area (Å²) in [6.07, 6.45) is 6.19. The van der Waals surface area contributed by atoms with E-state index in [1.54, 1.807) is 12.1 Å². The zero-order valence-corrected chi connectivity index (χ0v) is 24.2. The number of hydrogen-bond donors (Lipinski definition) is 0. The highest BCUT2D eigenvalue weighted by atomic mass is 16.7. The first-order chi connectivity index (χ1) is 21.2. The summed E-state index contributed by atoms with van der Waals surface area (Å²) >= 11 is 0. The van der Waals surface area contributed by atoms with E-state index in [1.807, 2.05) is 84.9 Å². The fraction of sp³-hybridized carbons (Fsp3) is 0.270. The predicted molar refractivity (Wildman–Crippen MR) is 168 cm³/mol. The summed E-state index contributed by atoms with van der Waals surface area (Å²) in [6.45, 7) is 4.30. The Kier molecular flexibility index (Phi) is 7.60. The Morgan fingerprint density at radius 2 is 1.44 bits per heavy atom. The summed E-state index contributed by atoms with van der Waals surface area (Å²) in [5.74, 6) is 0.983. The van der Waals surface area contributed by atoms with E-state index in [0.29, 0.717) is 34.8 Å². The van der Waals surface area contributed by atoms with Crippen molar-refractivity contribution in [3.8, 4) is 28.6 Å². The lowest BCUT2D eigenvalue weighted by Gasteiger charge is -2.28. The SMILES string of the molecule is O=c1cc(-c2ccc(OCCCCN3CCCCC3)cc2)oc2c3c(ccc12)OC(c1ccccc1)(c1ccccc1)O3. The van der Waals surface area contributed by atoms with Crippen molar-refractivity contribution in [3.63, 3.8) is 0 Å². The molecule has 3 heterocycles. The Morgan fingerprint density at radius 1 is 0.744 bits per heavy atom. The molecule has 0 spiro atoms. The molecule has 1 aromatic heterocycles. The van der Waals surface area contributed by atoms with E-state index >= 15 is 0 Å². The summed E-state index contributed by atoms with van der Waals surface area (Å²) < 4.78 is 25.6. The van der Waals surface area contributed by atoms with Crippen molar-refractivity contribution in [3.05, 3.63) is 124 Å². The number of ether oxygens (including phenoxy) is 3. The number of benzene rings is 4. The Morgan fingerprint density at radius 3 is 2.14 bits per heavy atom. The molecule has 0 saturated carbocycles. The van der Waals surface area contributed by atoms with E-state index < -0.39 is 5.79 Å². The van der Waals surface area contributed by atoms with E-state index in [-0.39, 0.29) is 5.43 Å². The predicted octanol–water partition coefficient (Wildman–Crippen LogP) is 7.78. The first-order valence-electron chi connectivity index (χ1n) is 15.3. The molecular formula is C37H35NO5. The first-order valence-corrected chi connectivity index (χ1v) is 15.3. The number of likely N-dealkylation sites (tertiary alicyclic amines) is 1. The van der Waals surface area contributed by atoms with Crippen LogP contribution in [0.2, 0.25) is 0 Å². The van der Waals surface area contributed by atoms with Crippen LogP contribution in [0, 0.1) is 0 Å². The van der Waals surface area contributed by atoms with Crippen LogP contribution in [-0.4, -0.2) is 31.1 Å². The van der Waals surface area contributed by atoms with E-state index in [4.69, 9.17) is 18.6 Å². The molecule has 218 valence electrons. The Labute approximate surface area is 251 Å². The average molecular weight is 574 g/mol. The topological polar surface area (TPSA) is 61.1 Å². The monoisotopic (exact) mass is 573 g/mol. The Hall–Kier alpha value is -4.55. The molecule has 0 radical (unpaired) electrons. The van der Waals surface area contributed by atoms with Gasteiger partial charge in [-0.15, -0.1) is 0 Å². The molecule has 43 heavy (non-hydrogen) atoms. The van der Waals surface area contributed by atoms with Crippen LogP contribution in [0.1, 0.15) is 43.2 Å². The molecule has 5 aromatic rings. The molecular weight excluding hydrogens is 538 g/mol. The van der Waals surface area contributed by atoms with Crippen LogP contribution in [0.5, 0.6) is 17.2 Å². The largest absolute Gasteiger partial charge is 0.494 e. The minimum absolute atomic E-state index is 0.145. The minimum Gasteiger partial charge on any atom is -0.494 e. The standard InChI is InChI=1S/C37H35NO5/c39-32-26-34(27-16-18-30(19-17-27)40-25-11-10-24-38-22-8-3-9-23-38)41-35-31(32)20-21-33-36(35)43-37(42-33,28-12-4-1-5-13-28)29-14-6-2-7-15-29/h1-2,4-7,12-21,26H,3,8-11,22-25H2. The van der Waals surface area contributed by atoms with Crippen molar-refractivity contribution in [2.75, 3.05) is 26.2 Å². The number of fused-ring (bicyclic) bond motifs is 3. The highest BCUT2D eigenvalue weighted by Crippen LogP contribution is 2.50. The maximum Gasteiger partial charge on any atom is 0.305 e. The minimum atomic E-state index is -1.21. The molecule has 0 aliphatic carbocycles. The number of unbranched alkanes of at least 4 members (excludes halogenated alkanes) is 1. The third-order valence-electron chi connectivity index (χ3n) is 8.35. The smallest absolute Gasteiger partial charge is 0.305 e. The van der Waals surface area contributed by atoms with Crippen molar-refractivity contribution in [2.24, 2.45) is 0 Å². The van der Waals surface area contributed by atoms with Gasteiger partial charge in [-0.05, 0) is 81.7 Å². The van der Waals surface area contributed by atoms with Crippen LogP contribution < -0.4 is 19.6 Å². The molecule has 1 fully saturated rings. The molecule has 0 atom stereocenters. The maximum absolute atomic E-state index is 13.3. The fourth-order valence-corrected chi connectivity index (χ4v) is 6.06. The van der Waals surface area contributed by atoms with Crippen LogP contribution in [0.25, 0.3) is 22.3 Å². The zero-order chi connectivity index (χ0) is 29.1. The summed E-state index contributed by atoms with van der Waals surface area (Å²) in [5.41, 5.74) is 2.68. The summed E-state index contributed by atoms with van der Waals surface area (Å²) in [4.78, 5) is 15.8. The fourth-order valence-electron chi connectivity index (χ4n) is 6.06. The molecule has 0 N–H and O–H groups in total. The highest BCUT2D eigenvalue weighted by molar-refractivity contribution is 5.87. The molecule has 0 bridgehead atoms. The second-order valence-electron chi connectivity index (χ2n) is 11.3. The number of hydrogen-bond acceptors (Lipinski definition) is 6. The average Bonchev–Trinajstić information content (AvgIpc) is 3.48. The van der Waals surface area contributed by atoms with E-state index in [1.165, 1.54) is 38.4 Å². The van der Waals surface area contributed by atoms with Crippen molar-refractivity contribution in [1.82, 2.24) is 4.90 Å². The van der Waals surface area contributed by atoms with E-state index in [9.17, 15) is 4.79 Å². The Balaban J connectivity index is 1.12. The summed E-state index contributed by atoms with van der Waals surface area (Å²) in [6, 6.07) is 32.4. The molecule has 0 unspecified atom stereocenters. The van der Waals surface area contributed by atoms with Crippen molar-refractivity contribution in [1.29, 1.82) is 0 Å². The van der Waals surface area contributed by atoms with Crippen LogP contribution in [0.15, 0.2) is 112 Å². The maximum atomic E-state index is 13.3. The third-order valence-corrected chi connectivity index (χ3v) is 8.35. The second-order valence-corrected chi connectivity index (χ2v) is 11.3. The molecule has 4 aromatic carbocycles. The number of piperidine rings is 1. The van der Waals surface area contributed by atoms with Gasteiger partial charge in [0.15, 0.2) is 16.8 Å². The van der Waals surface area contributed by atoms with Crippen molar-refractivity contribution >= 4 is 11.0 Å². The molecule has 2 aliphatic rings. The lowest BCUT2D eigenvalue weighted by molar-refractivity contribution is -0.0456. The van der Waals surface area contributed by atoms with Gasteiger partial charge < -0.3 is 23.5 Å². The highest BCUT2D eigenvalue weighted by Gasteiger charge is 2.46. The van der Waals surface area contributed by atoms with Gasteiger partial charge in [0, 0.05) is 22.8 Å². The normalized spacial score (nSPS) is 15.9. The molecule has 6 heteroatoms. The van der Waals surface area contributed by atoms with Gasteiger partial charge in [0.2, 0.25) is 5.75 Å². The zero-order valence-electron chi connectivity index (χ0n) is 24.2. The van der Waals surface area contributed by atoms with Crippen LogP contribution in [0.3, 0.4) is 0 Å².